The number of anilines is 2. The third-order valence-corrected chi connectivity index (χ3v) is 6.67. The van der Waals surface area contributed by atoms with E-state index in [9.17, 15) is 0 Å². The zero-order chi connectivity index (χ0) is 17.5. The van der Waals surface area contributed by atoms with Gasteiger partial charge in [-0.05, 0) is 80.5 Å². The maximum absolute atomic E-state index is 3.79. The van der Waals surface area contributed by atoms with Crippen molar-refractivity contribution < 1.29 is 0 Å². The molecule has 0 radical (unpaired) electrons. The van der Waals surface area contributed by atoms with Gasteiger partial charge in [0.15, 0.2) is 0 Å². The summed E-state index contributed by atoms with van der Waals surface area (Å²) in [5.74, 6) is 0.868. The second kappa shape index (κ2) is 6.28. The average Bonchev–Trinajstić information content (AvgIpc) is 2.52. The van der Waals surface area contributed by atoms with Crippen LogP contribution in [0.3, 0.4) is 0 Å². The lowest BCUT2D eigenvalue weighted by Gasteiger charge is -2.54. The zero-order valence-electron chi connectivity index (χ0n) is 16.6. The van der Waals surface area contributed by atoms with Crippen LogP contribution in [0.15, 0.2) is 12.1 Å². The predicted octanol–water partition coefficient (Wildman–Crippen LogP) is 5.92. The molecule has 2 heteroatoms. The highest BCUT2D eigenvalue weighted by atomic mass is 15.3. The molecule has 0 unspecified atom stereocenters. The van der Waals surface area contributed by atoms with Crippen LogP contribution >= 0.6 is 0 Å². The number of rotatable bonds is 2. The number of hydrogen-bond acceptors (Lipinski definition) is 2. The minimum atomic E-state index is 0.326. The van der Waals surface area contributed by atoms with Crippen molar-refractivity contribution in [1.29, 1.82) is 0 Å². The molecule has 1 aliphatic carbocycles. The fourth-order valence-corrected chi connectivity index (χ4v) is 4.83. The molecular weight excluding hydrogens is 292 g/mol. The summed E-state index contributed by atoms with van der Waals surface area (Å²) in [4.78, 5) is 2.77. The fraction of sp³-hybridized carbons (Fsp3) is 0.727. The van der Waals surface area contributed by atoms with E-state index in [2.05, 4.69) is 63.9 Å². The Kier molecular flexibility index (Phi) is 4.61. The predicted molar refractivity (Wildman–Crippen MR) is 106 cm³/mol. The molecule has 1 aromatic rings. The fourth-order valence-electron chi connectivity index (χ4n) is 4.83. The summed E-state index contributed by atoms with van der Waals surface area (Å²) in [7, 11) is 0. The topological polar surface area (TPSA) is 15.3 Å². The van der Waals surface area contributed by atoms with Crippen LogP contribution in [0.1, 0.15) is 70.9 Å². The molecule has 0 amide bonds. The Morgan fingerprint density at radius 2 is 1.75 bits per heavy atom. The summed E-state index contributed by atoms with van der Waals surface area (Å²) in [5.41, 5.74) is 6.37. The van der Waals surface area contributed by atoms with Crippen LogP contribution in [0.2, 0.25) is 0 Å². The van der Waals surface area contributed by atoms with E-state index in [-0.39, 0.29) is 0 Å². The molecular formula is C22H36N2. The van der Waals surface area contributed by atoms with Crippen molar-refractivity contribution in [3.8, 4) is 0 Å². The Balaban J connectivity index is 1.91. The normalized spacial score (nSPS) is 27.1. The highest BCUT2D eigenvalue weighted by molar-refractivity contribution is 5.76. The minimum absolute atomic E-state index is 0.326. The van der Waals surface area contributed by atoms with Crippen molar-refractivity contribution in [2.45, 2.75) is 79.2 Å². The first kappa shape index (κ1) is 17.6. The number of fused-ring (bicyclic) bond motifs is 1. The standard InChI is InChI=1S/C22H36N2/c1-7-12-24-20-14-17(3)16(2)13-19(20)23-15-22(24)10-8-18(9-11-22)21(4,5)6/h13-14,18,23H,7-12,15H2,1-6H3. The maximum Gasteiger partial charge on any atom is 0.0610 e. The maximum atomic E-state index is 3.79. The molecule has 0 bridgehead atoms. The SMILES string of the molecule is CCCN1c2cc(C)c(C)cc2NCC12CCC(C(C)(C)C)CC2. The molecule has 24 heavy (non-hydrogen) atoms. The van der Waals surface area contributed by atoms with Crippen LogP contribution in [0, 0.1) is 25.2 Å². The molecule has 1 aliphatic heterocycles. The Bertz CT molecular complexity index is 589. The van der Waals surface area contributed by atoms with Crippen LogP contribution in [0.25, 0.3) is 0 Å². The average molecular weight is 329 g/mol. The van der Waals surface area contributed by atoms with E-state index in [0.717, 1.165) is 12.5 Å². The number of nitrogens with one attached hydrogen (secondary N) is 1. The summed E-state index contributed by atoms with van der Waals surface area (Å²) in [6.07, 6.45) is 6.61. The van der Waals surface area contributed by atoms with Crippen LogP contribution in [-0.4, -0.2) is 18.6 Å². The van der Waals surface area contributed by atoms with Crippen molar-refractivity contribution in [3.05, 3.63) is 23.3 Å². The van der Waals surface area contributed by atoms with Gasteiger partial charge in [-0.3, -0.25) is 0 Å². The number of benzene rings is 1. The first-order valence-corrected chi connectivity index (χ1v) is 9.89. The van der Waals surface area contributed by atoms with Crippen molar-refractivity contribution in [2.75, 3.05) is 23.3 Å². The molecule has 0 aromatic heterocycles. The lowest BCUT2D eigenvalue weighted by Crippen LogP contribution is -2.58. The summed E-state index contributed by atoms with van der Waals surface area (Å²) in [5, 5.41) is 3.79. The molecule has 0 saturated heterocycles. The monoisotopic (exact) mass is 328 g/mol. The van der Waals surface area contributed by atoms with Gasteiger partial charge in [-0.25, -0.2) is 0 Å². The van der Waals surface area contributed by atoms with Crippen molar-refractivity contribution in [2.24, 2.45) is 11.3 Å². The van der Waals surface area contributed by atoms with Crippen molar-refractivity contribution >= 4 is 11.4 Å². The zero-order valence-corrected chi connectivity index (χ0v) is 16.6. The lowest BCUT2D eigenvalue weighted by molar-refractivity contribution is 0.132. The van der Waals surface area contributed by atoms with Gasteiger partial charge in [0.1, 0.15) is 0 Å². The van der Waals surface area contributed by atoms with Gasteiger partial charge in [0.25, 0.3) is 0 Å². The molecule has 1 N–H and O–H groups in total. The highest BCUT2D eigenvalue weighted by Crippen LogP contribution is 2.48. The van der Waals surface area contributed by atoms with E-state index < -0.39 is 0 Å². The summed E-state index contributed by atoms with van der Waals surface area (Å²) in [6.45, 7) is 16.3. The summed E-state index contributed by atoms with van der Waals surface area (Å²) in [6, 6.07) is 4.77. The van der Waals surface area contributed by atoms with Gasteiger partial charge >= 0.3 is 0 Å². The van der Waals surface area contributed by atoms with Crippen LogP contribution in [-0.2, 0) is 0 Å². The first-order valence-electron chi connectivity index (χ1n) is 9.89. The van der Waals surface area contributed by atoms with Crippen molar-refractivity contribution in [1.82, 2.24) is 0 Å². The number of aryl methyl sites for hydroxylation is 2. The number of nitrogens with zero attached hydrogens (tertiary/aromatic N) is 1. The van der Waals surface area contributed by atoms with Crippen LogP contribution in [0.4, 0.5) is 11.4 Å². The second-order valence-corrected chi connectivity index (χ2v) is 9.32. The Morgan fingerprint density at radius 1 is 1.12 bits per heavy atom. The molecule has 134 valence electrons. The van der Waals surface area contributed by atoms with E-state index in [4.69, 9.17) is 0 Å². The van der Waals surface area contributed by atoms with E-state index in [0.29, 0.717) is 11.0 Å². The number of hydrogen-bond donors (Lipinski definition) is 1. The molecule has 1 spiro atoms. The van der Waals surface area contributed by atoms with E-state index >= 15 is 0 Å². The van der Waals surface area contributed by atoms with Crippen LogP contribution in [0.5, 0.6) is 0 Å². The first-order chi connectivity index (χ1) is 11.3. The minimum Gasteiger partial charge on any atom is -0.381 e. The molecule has 3 rings (SSSR count). The van der Waals surface area contributed by atoms with Gasteiger partial charge in [-0.2, -0.15) is 0 Å². The van der Waals surface area contributed by atoms with Gasteiger partial charge in [0.2, 0.25) is 0 Å². The molecule has 2 aliphatic rings. The largest absolute Gasteiger partial charge is 0.381 e. The Labute approximate surface area is 149 Å². The van der Waals surface area contributed by atoms with E-state index in [1.54, 1.807) is 0 Å². The van der Waals surface area contributed by atoms with Gasteiger partial charge < -0.3 is 10.2 Å². The molecule has 1 heterocycles. The smallest absolute Gasteiger partial charge is 0.0610 e. The van der Waals surface area contributed by atoms with Gasteiger partial charge in [0, 0.05) is 13.1 Å². The van der Waals surface area contributed by atoms with E-state index in [1.807, 2.05) is 0 Å². The Morgan fingerprint density at radius 3 is 2.33 bits per heavy atom. The molecule has 2 nitrogen and oxygen atoms in total. The molecule has 1 fully saturated rings. The molecule has 1 aromatic carbocycles. The highest BCUT2D eigenvalue weighted by Gasteiger charge is 2.44. The lowest BCUT2D eigenvalue weighted by atomic mass is 9.66. The van der Waals surface area contributed by atoms with Crippen molar-refractivity contribution in [3.63, 3.8) is 0 Å². The van der Waals surface area contributed by atoms with Crippen LogP contribution < -0.4 is 10.2 Å². The van der Waals surface area contributed by atoms with Gasteiger partial charge in [0.05, 0.1) is 16.9 Å². The van der Waals surface area contributed by atoms with E-state index in [1.165, 1.54) is 61.2 Å². The third kappa shape index (κ3) is 3.05. The third-order valence-electron chi connectivity index (χ3n) is 6.67. The molecule has 0 atom stereocenters. The summed E-state index contributed by atoms with van der Waals surface area (Å²) < 4.78 is 0. The summed E-state index contributed by atoms with van der Waals surface area (Å²) >= 11 is 0. The Hall–Kier alpha value is -1.18. The molecule has 1 saturated carbocycles. The quantitative estimate of drug-likeness (QED) is 0.725. The second-order valence-electron chi connectivity index (χ2n) is 9.32. The van der Waals surface area contributed by atoms with Gasteiger partial charge in [-0.1, -0.05) is 27.7 Å². The van der Waals surface area contributed by atoms with Gasteiger partial charge in [-0.15, -0.1) is 0 Å².